The van der Waals surface area contributed by atoms with Crippen LogP contribution in [0.25, 0.3) is 11.0 Å². The first-order valence-electron chi connectivity index (χ1n) is 5.93. The summed E-state index contributed by atoms with van der Waals surface area (Å²) in [6.07, 6.45) is 3.92. The van der Waals surface area contributed by atoms with E-state index >= 15 is 0 Å². The minimum atomic E-state index is -0.579. The molecule has 0 amide bonds. The largest absolute Gasteiger partial charge is 0.387 e. The van der Waals surface area contributed by atoms with Crippen molar-refractivity contribution in [3.63, 3.8) is 0 Å². The summed E-state index contributed by atoms with van der Waals surface area (Å²) in [5, 5.41) is 10.3. The third-order valence-electron chi connectivity index (χ3n) is 1.78. The number of H-pyrrole nitrogens is 1. The molecule has 0 saturated heterocycles. The fraction of sp³-hybridized carbons (Fsp3) is 0.0667. The summed E-state index contributed by atoms with van der Waals surface area (Å²) in [4.78, 5) is 19.8. The molecule has 2 heterocycles. The van der Waals surface area contributed by atoms with Gasteiger partial charge in [0, 0.05) is 12.2 Å². The number of benzene rings is 1. The number of aromatic amines is 1. The van der Waals surface area contributed by atoms with Gasteiger partial charge in [0.15, 0.2) is 0 Å². The third kappa shape index (κ3) is 7.22. The molecule has 0 unspecified atom stereocenters. The number of carbonyl (C=O) groups is 2. The number of para-hydroxylation sites is 2. The van der Waals surface area contributed by atoms with E-state index in [1.165, 1.54) is 0 Å². The first-order valence-corrected chi connectivity index (χ1v) is 5.93. The zero-order valence-corrected chi connectivity index (χ0v) is 11.8. The molecule has 0 fully saturated rings. The standard InChI is InChI=1S/C6H5N3.C4H2O3.C3H6.C2H4/c1-2-4-6-5(3-1)7-9-8-6;5-3-1-2-4(6)7-3;1-3-2;1-2/h1-4H,(H,7,8,9);1-2H;3H,1H2,2H3;1-2H2. The second-order valence-electron chi connectivity index (χ2n) is 3.29. The zero-order valence-electron chi connectivity index (χ0n) is 11.8. The molecule has 2 aromatic rings. The molecule has 0 atom stereocenters. The Kier molecular flexibility index (Phi) is 9.30. The van der Waals surface area contributed by atoms with Gasteiger partial charge in [0.05, 0.1) is 0 Å². The first-order chi connectivity index (χ1) is 10.2. The molecule has 0 spiro atoms. The molecule has 0 aliphatic carbocycles. The van der Waals surface area contributed by atoms with Gasteiger partial charge in [0.1, 0.15) is 11.0 Å². The van der Waals surface area contributed by atoms with E-state index in [9.17, 15) is 9.59 Å². The maximum Gasteiger partial charge on any atom is 0.338 e. The van der Waals surface area contributed by atoms with Gasteiger partial charge >= 0.3 is 11.9 Å². The molecule has 6 heteroatoms. The van der Waals surface area contributed by atoms with Gasteiger partial charge in [-0.1, -0.05) is 18.2 Å². The number of cyclic esters (lactones) is 2. The normalized spacial score (nSPS) is 11.1. The van der Waals surface area contributed by atoms with Gasteiger partial charge in [-0.2, -0.15) is 15.4 Å². The van der Waals surface area contributed by atoms with E-state index in [0.29, 0.717) is 0 Å². The van der Waals surface area contributed by atoms with Crippen molar-refractivity contribution < 1.29 is 14.3 Å². The van der Waals surface area contributed by atoms with Crippen LogP contribution in [0.1, 0.15) is 6.92 Å². The minimum Gasteiger partial charge on any atom is -0.387 e. The molecule has 0 radical (unpaired) electrons. The van der Waals surface area contributed by atoms with Crippen molar-refractivity contribution in [1.29, 1.82) is 0 Å². The maximum atomic E-state index is 9.92. The lowest BCUT2D eigenvalue weighted by atomic mass is 10.3. The lowest BCUT2D eigenvalue weighted by Crippen LogP contribution is -1.96. The maximum absolute atomic E-state index is 9.92. The van der Waals surface area contributed by atoms with Crippen LogP contribution in [0, 0.1) is 0 Å². The van der Waals surface area contributed by atoms with E-state index in [2.05, 4.69) is 39.9 Å². The van der Waals surface area contributed by atoms with Gasteiger partial charge in [0.2, 0.25) is 0 Å². The number of rotatable bonds is 0. The predicted octanol–water partition coefficient (Wildman–Crippen LogP) is 2.58. The van der Waals surface area contributed by atoms with Crippen molar-refractivity contribution in [1.82, 2.24) is 15.4 Å². The lowest BCUT2D eigenvalue weighted by molar-refractivity contribution is -0.150. The Morgan fingerprint density at radius 1 is 1.05 bits per heavy atom. The predicted molar refractivity (Wildman–Crippen MR) is 81.3 cm³/mol. The van der Waals surface area contributed by atoms with Crippen molar-refractivity contribution in [2.75, 3.05) is 0 Å². The molecular formula is C15H17N3O3. The van der Waals surface area contributed by atoms with Crippen LogP contribution in [0.4, 0.5) is 0 Å². The number of hydrogen-bond donors (Lipinski definition) is 1. The Balaban J connectivity index is 0.000000299. The van der Waals surface area contributed by atoms with E-state index in [0.717, 1.165) is 23.2 Å². The van der Waals surface area contributed by atoms with Crippen LogP contribution in [0.5, 0.6) is 0 Å². The highest BCUT2D eigenvalue weighted by atomic mass is 16.6. The Bertz CT molecular complexity index is 571. The molecular weight excluding hydrogens is 270 g/mol. The molecule has 110 valence electrons. The van der Waals surface area contributed by atoms with Crippen LogP contribution in [0.3, 0.4) is 0 Å². The zero-order chi connectivity index (χ0) is 16.1. The third-order valence-corrected chi connectivity index (χ3v) is 1.78. The van der Waals surface area contributed by atoms with Gasteiger partial charge in [-0.15, -0.1) is 19.7 Å². The van der Waals surface area contributed by atoms with E-state index in [4.69, 9.17) is 0 Å². The molecule has 3 rings (SSSR count). The van der Waals surface area contributed by atoms with Gasteiger partial charge in [0.25, 0.3) is 0 Å². The number of carbonyl (C=O) groups excluding carboxylic acids is 2. The van der Waals surface area contributed by atoms with Gasteiger partial charge in [-0.05, 0) is 19.1 Å². The first kappa shape index (κ1) is 18.0. The fourth-order valence-electron chi connectivity index (χ4n) is 1.09. The quantitative estimate of drug-likeness (QED) is 0.457. The van der Waals surface area contributed by atoms with Crippen LogP contribution >= 0.6 is 0 Å². The van der Waals surface area contributed by atoms with E-state index in [1.807, 2.05) is 31.2 Å². The second kappa shape index (κ2) is 10.9. The highest BCUT2D eigenvalue weighted by Crippen LogP contribution is 2.03. The second-order valence-corrected chi connectivity index (χ2v) is 3.29. The fourth-order valence-corrected chi connectivity index (χ4v) is 1.09. The summed E-state index contributed by atoms with van der Waals surface area (Å²) >= 11 is 0. The summed E-state index contributed by atoms with van der Waals surface area (Å²) in [5.41, 5.74) is 1.83. The molecule has 0 saturated carbocycles. The lowest BCUT2D eigenvalue weighted by Gasteiger charge is -1.80. The summed E-state index contributed by atoms with van der Waals surface area (Å²) in [7, 11) is 0. The average Bonchev–Trinajstić information content (AvgIpc) is 3.11. The van der Waals surface area contributed by atoms with Crippen molar-refractivity contribution in [2.24, 2.45) is 0 Å². The van der Waals surface area contributed by atoms with Crippen molar-refractivity contribution >= 4 is 23.0 Å². The van der Waals surface area contributed by atoms with Crippen LogP contribution < -0.4 is 0 Å². The molecule has 1 aromatic heterocycles. The molecule has 1 N–H and O–H groups in total. The Morgan fingerprint density at radius 2 is 1.43 bits per heavy atom. The molecule has 1 aliphatic rings. The number of nitrogens with zero attached hydrogens (tertiary/aromatic N) is 2. The van der Waals surface area contributed by atoms with Crippen LogP contribution in [-0.4, -0.2) is 27.3 Å². The van der Waals surface area contributed by atoms with E-state index in [1.54, 1.807) is 6.08 Å². The van der Waals surface area contributed by atoms with Crippen LogP contribution in [0.15, 0.2) is 62.2 Å². The molecule has 6 nitrogen and oxygen atoms in total. The summed E-state index contributed by atoms with van der Waals surface area (Å²) < 4.78 is 3.97. The van der Waals surface area contributed by atoms with Crippen molar-refractivity contribution in [3.05, 3.63) is 62.2 Å². The number of aromatic nitrogens is 3. The average molecular weight is 287 g/mol. The number of fused-ring (bicyclic) bond motifs is 1. The highest BCUT2D eigenvalue weighted by Gasteiger charge is 2.10. The molecule has 1 aliphatic heterocycles. The smallest absolute Gasteiger partial charge is 0.338 e. The highest BCUT2D eigenvalue weighted by molar-refractivity contribution is 6.04. The van der Waals surface area contributed by atoms with Crippen molar-refractivity contribution in [3.8, 4) is 0 Å². The summed E-state index contributed by atoms with van der Waals surface area (Å²) in [5.74, 6) is -1.16. The van der Waals surface area contributed by atoms with Crippen molar-refractivity contribution in [2.45, 2.75) is 6.92 Å². The van der Waals surface area contributed by atoms with Gasteiger partial charge in [-0.3, -0.25) is 0 Å². The van der Waals surface area contributed by atoms with E-state index in [-0.39, 0.29) is 0 Å². The van der Waals surface area contributed by atoms with Crippen LogP contribution in [0.2, 0.25) is 0 Å². The number of hydrogen-bond acceptors (Lipinski definition) is 5. The summed E-state index contributed by atoms with van der Waals surface area (Å²) in [6.45, 7) is 11.2. The minimum absolute atomic E-state index is 0.579. The number of nitrogens with one attached hydrogen (secondary N) is 1. The number of allylic oxidation sites excluding steroid dienone is 1. The van der Waals surface area contributed by atoms with Crippen LogP contribution in [-0.2, 0) is 14.3 Å². The number of ether oxygens (including phenoxy) is 1. The summed E-state index contributed by atoms with van der Waals surface area (Å²) in [6, 6.07) is 7.70. The molecule has 21 heavy (non-hydrogen) atoms. The Hall–Kier alpha value is -3.02. The van der Waals surface area contributed by atoms with Gasteiger partial charge < -0.3 is 4.74 Å². The molecule has 0 bridgehead atoms. The SMILES string of the molecule is C=C.C=CC.O=C1C=CC(=O)O1.c1ccc2n[nH]nc2c1. The van der Waals surface area contributed by atoms with Gasteiger partial charge in [-0.25, -0.2) is 9.59 Å². The Labute approximate surface area is 122 Å². The monoisotopic (exact) mass is 287 g/mol. The van der Waals surface area contributed by atoms with E-state index < -0.39 is 11.9 Å². The topological polar surface area (TPSA) is 84.9 Å². The molecule has 1 aromatic carbocycles. The Morgan fingerprint density at radius 3 is 1.71 bits per heavy atom. The number of esters is 2.